The average molecular weight is 414 g/mol. The molecule has 1 saturated heterocycles. The van der Waals surface area contributed by atoms with Gasteiger partial charge in [0.15, 0.2) is 15.2 Å². The molecule has 28 heavy (non-hydrogen) atoms. The second-order valence-electron chi connectivity index (χ2n) is 6.36. The second-order valence-corrected chi connectivity index (χ2v) is 8.83. The van der Waals surface area contributed by atoms with Gasteiger partial charge in [0.05, 0.1) is 10.7 Å². The van der Waals surface area contributed by atoms with E-state index in [0.29, 0.717) is 27.8 Å². The molecule has 0 spiro atoms. The van der Waals surface area contributed by atoms with Gasteiger partial charge in [-0.1, -0.05) is 54.1 Å². The molecule has 0 aromatic heterocycles. The number of amides is 1. The van der Waals surface area contributed by atoms with Crippen LogP contribution >= 0.6 is 11.6 Å². The SMILES string of the molecule is O=C1CS(=O)(=O)C(c2ccc(Oc3ccccc3)cc2)N1c1ccccc1Cl. The highest BCUT2D eigenvalue weighted by Gasteiger charge is 2.46. The van der Waals surface area contributed by atoms with Crippen LogP contribution in [-0.4, -0.2) is 20.1 Å². The number of benzene rings is 3. The van der Waals surface area contributed by atoms with E-state index in [-0.39, 0.29) is 0 Å². The van der Waals surface area contributed by atoms with Gasteiger partial charge in [-0.3, -0.25) is 9.69 Å². The number of hydrogen-bond acceptors (Lipinski definition) is 4. The summed E-state index contributed by atoms with van der Waals surface area (Å²) in [4.78, 5) is 13.8. The first-order valence-electron chi connectivity index (χ1n) is 8.57. The summed E-state index contributed by atoms with van der Waals surface area (Å²) < 4.78 is 31.2. The van der Waals surface area contributed by atoms with E-state index in [1.807, 2.05) is 30.3 Å². The summed E-state index contributed by atoms with van der Waals surface area (Å²) in [7, 11) is -3.70. The lowest BCUT2D eigenvalue weighted by Gasteiger charge is -2.24. The molecular weight excluding hydrogens is 398 g/mol. The minimum absolute atomic E-state index is 0.321. The molecule has 1 aliphatic heterocycles. The number of ether oxygens (including phenoxy) is 1. The molecule has 0 saturated carbocycles. The van der Waals surface area contributed by atoms with Gasteiger partial charge in [0, 0.05) is 0 Å². The van der Waals surface area contributed by atoms with Gasteiger partial charge >= 0.3 is 0 Å². The number of hydrogen-bond donors (Lipinski definition) is 0. The fourth-order valence-electron chi connectivity index (χ4n) is 3.20. The van der Waals surface area contributed by atoms with Crippen LogP contribution in [-0.2, 0) is 14.6 Å². The zero-order chi connectivity index (χ0) is 19.7. The van der Waals surface area contributed by atoms with Crippen LogP contribution in [0.25, 0.3) is 0 Å². The number of nitrogens with zero attached hydrogens (tertiary/aromatic N) is 1. The van der Waals surface area contributed by atoms with Crippen molar-refractivity contribution in [3.63, 3.8) is 0 Å². The van der Waals surface area contributed by atoms with E-state index in [2.05, 4.69) is 0 Å². The fourth-order valence-corrected chi connectivity index (χ4v) is 5.19. The molecule has 3 aromatic carbocycles. The van der Waals surface area contributed by atoms with Crippen molar-refractivity contribution in [1.82, 2.24) is 0 Å². The van der Waals surface area contributed by atoms with Crippen molar-refractivity contribution < 1.29 is 17.9 Å². The first-order chi connectivity index (χ1) is 13.5. The second kappa shape index (κ2) is 7.30. The van der Waals surface area contributed by atoms with Crippen molar-refractivity contribution in [2.24, 2.45) is 0 Å². The maximum absolute atomic E-state index is 12.7. The Bertz CT molecular complexity index is 1110. The number of carbonyl (C=O) groups is 1. The predicted molar refractivity (Wildman–Crippen MR) is 108 cm³/mol. The topological polar surface area (TPSA) is 63.7 Å². The number of anilines is 1. The highest BCUT2D eigenvalue weighted by Crippen LogP contribution is 2.40. The average Bonchev–Trinajstić information content (AvgIpc) is 2.92. The molecular formula is C21H16ClNO4S. The first-order valence-corrected chi connectivity index (χ1v) is 10.7. The summed E-state index contributed by atoms with van der Waals surface area (Å²) in [5.41, 5.74) is 0.857. The lowest BCUT2D eigenvalue weighted by molar-refractivity contribution is -0.115. The molecule has 0 N–H and O–H groups in total. The monoisotopic (exact) mass is 413 g/mol. The molecule has 1 atom stereocenters. The number of para-hydroxylation sites is 2. The summed E-state index contributed by atoms with van der Waals surface area (Å²) >= 11 is 6.22. The van der Waals surface area contributed by atoms with Gasteiger partial charge in [-0.25, -0.2) is 8.42 Å². The molecule has 0 aliphatic carbocycles. The van der Waals surface area contributed by atoms with Gasteiger partial charge in [-0.05, 0) is 42.0 Å². The molecule has 3 aromatic rings. The van der Waals surface area contributed by atoms with Crippen LogP contribution in [0.4, 0.5) is 5.69 Å². The van der Waals surface area contributed by atoms with E-state index >= 15 is 0 Å². The van der Waals surface area contributed by atoms with E-state index in [1.165, 1.54) is 4.90 Å². The fraction of sp³-hybridized carbons (Fsp3) is 0.0952. The van der Waals surface area contributed by atoms with Crippen molar-refractivity contribution >= 4 is 33.0 Å². The smallest absolute Gasteiger partial charge is 0.243 e. The van der Waals surface area contributed by atoms with Crippen LogP contribution in [0, 0.1) is 0 Å². The van der Waals surface area contributed by atoms with Crippen LogP contribution < -0.4 is 9.64 Å². The van der Waals surface area contributed by atoms with Crippen LogP contribution in [0.5, 0.6) is 11.5 Å². The standard InChI is InChI=1S/C21H16ClNO4S/c22-18-8-4-5-9-19(18)23-20(24)14-28(25,26)21(23)15-10-12-17(13-11-15)27-16-6-2-1-3-7-16/h1-13,21H,14H2. The Labute approximate surface area is 168 Å². The lowest BCUT2D eigenvalue weighted by atomic mass is 10.1. The third-order valence-electron chi connectivity index (χ3n) is 4.42. The van der Waals surface area contributed by atoms with Crippen LogP contribution in [0.1, 0.15) is 10.9 Å². The van der Waals surface area contributed by atoms with Gasteiger partial charge in [-0.15, -0.1) is 0 Å². The van der Waals surface area contributed by atoms with E-state index in [4.69, 9.17) is 16.3 Å². The summed E-state index contributed by atoms with van der Waals surface area (Å²) in [6, 6.07) is 22.7. The number of carbonyl (C=O) groups excluding carboxylic acids is 1. The Morgan fingerprint density at radius 3 is 2.14 bits per heavy atom. The van der Waals surface area contributed by atoms with Crippen LogP contribution in [0.2, 0.25) is 5.02 Å². The Morgan fingerprint density at radius 1 is 0.857 bits per heavy atom. The Hall–Kier alpha value is -2.83. The highest BCUT2D eigenvalue weighted by molar-refractivity contribution is 7.93. The molecule has 0 bridgehead atoms. The minimum Gasteiger partial charge on any atom is -0.457 e. The summed E-state index contributed by atoms with van der Waals surface area (Å²) in [6.45, 7) is 0. The lowest BCUT2D eigenvalue weighted by Crippen LogP contribution is -2.29. The zero-order valence-corrected chi connectivity index (χ0v) is 16.2. The third-order valence-corrected chi connectivity index (χ3v) is 6.56. The number of rotatable bonds is 4. The van der Waals surface area contributed by atoms with Gasteiger partial charge in [0.25, 0.3) is 0 Å². The van der Waals surface area contributed by atoms with Crippen molar-refractivity contribution in [2.75, 3.05) is 10.7 Å². The molecule has 1 fully saturated rings. The summed E-state index contributed by atoms with van der Waals surface area (Å²) in [6.07, 6.45) is 0. The first kappa shape index (κ1) is 18.5. The Morgan fingerprint density at radius 2 is 1.46 bits per heavy atom. The number of halogens is 1. The predicted octanol–water partition coefficient (Wildman–Crippen LogP) is 4.59. The van der Waals surface area contributed by atoms with E-state index in [1.54, 1.807) is 48.5 Å². The molecule has 4 rings (SSSR count). The van der Waals surface area contributed by atoms with Crippen LogP contribution in [0.3, 0.4) is 0 Å². The van der Waals surface area contributed by atoms with Gasteiger partial charge < -0.3 is 4.74 Å². The molecule has 1 heterocycles. The van der Waals surface area contributed by atoms with Gasteiger partial charge in [0.1, 0.15) is 17.3 Å². The van der Waals surface area contributed by atoms with E-state index in [0.717, 1.165) is 0 Å². The quantitative estimate of drug-likeness (QED) is 0.627. The van der Waals surface area contributed by atoms with E-state index in [9.17, 15) is 13.2 Å². The molecule has 1 aliphatic rings. The van der Waals surface area contributed by atoms with Gasteiger partial charge in [-0.2, -0.15) is 0 Å². The zero-order valence-electron chi connectivity index (χ0n) is 14.7. The maximum atomic E-state index is 12.7. The van der Waals surface area contributed by atoms with Crippen molar-refractivity contribution in [3.8, 4) is 11.5 Å². The molecule has 142 valence electrons. The maximum Gasteiger partial charge on any atom is 0.243 e. The Balaban J connectivity index is 1.69. The Kier molecular flexibility index (Phi) is 4.83. The van der Waals surface area contributed by atoms with Crippen molar-refractivity contribution in [3.05, 3.63) is 89.4 Å². The van der Waals surface area contributed by atoms with E-state index < -0.39 is 26.9 Å². The molecule has 0 radical (unpaired) electrons. The summed E-state index contributed by atoms with van der Waals surface area (Å²) in [5.74, 6) is 0.200. The largest absolute Gasteiger partial charge is 0.457 e. The minimum atomic E-state index is -3.70. The molecule has 1 amide bonds. The molecule has 1 unspecified atom stereocenters. The third kappa shape index (κ3) is 3.48. The van der Waals surface area contributed by atoms with Crippen molar-refractivity contribution in [2.45, 2.75) is 5.37 Å². The highest BCUT2D eigenvalue weighted by atomic mass is 35.5. The number of sulfone groups is 1. The normalized spacial score (nSPS) is 18.2. The van der Waals surface area contributed by atoms with Gasteiger partial charge in [0.2, 0.25) is 5.91 Å². The molecule has 7 heteroatoms. The van der Waals surface area contributed by atoms with Crippen LogP contribution in [0.15, 0.2) is 78.9 Å². The summed E-state index contributed by atoms with van der Waals surface area (Å²) in [5, 5.41) is -0.798. The van der Waals surface area contributed by atoms with Crippen molar-refractivity contribution in [1.29, 1.82) is 0 Å². The molecule has 5 nitrogen and oxygen atoms in total.